The zero-order chi connectivity index (χ0) is 16.4. The van der Waals surface area contributed by atoms with Gasteiger partial charge in [0.05, 0.1) is 29.6 Å². The molecular formula is C18H15ClN2O2. The van der Waals surface area contributed by atoms with Crippen LogP contribution >= 0.6 is 11.6 Å². The quantitative estimate of drug-likeness (QED) is 0.681. The highest BCUT2D eigenvalue weighted by atomic mass is 35.5. The molecular weight excluding hydrogens is 312 g/mol. The Morgan fingerprint density at radius 3 is 2.57 bits per heavy atom. The van der Waals surface area contributed by atoms with Crippen molar-refractivity contribution in [2.45, 2.75) is 0 Å². The van der Waals surface area contributed by atoms with Crippen LogP contribution < -0.4 is 4.74 Å². The number of hydrogen-bond donors (Lipinski definition) is 0. The van der Waals surface area contributed by atoms with Crippen LogP contribution in [0.4, 0.5) is 0 Å². The van der Waals surface area contributed by atoms with Gasteiger partial charge in [0.1, 0.15) is 5.75 Å². The molecule has 0 saturated heterocycles. The molecule has 5 heteroatoms. The summed E-state index contributed by atoms with van der Waals surface area (Å²) in [5.41, 5.74) is 2.71. The number of carbonyl (C=O) groups is 1. The van der Waals surface area contributed by atoms with E-state index in [0.717, 1.165) is 11.3 Å². The highest BCUT2D eigenvalue weighted by molar-refractivity contribution is 6.32. The fourth-order valence-electron chi connectivity index (χ4n) is 2.50. The molecule has 2 aromatic carbocycles. The molecule has 0 bridgehead atoms. The lowest BCUT2D eigenvalue weighted by Crippen LogP contribution is -2.03. The van der Waals surface area contributed by atoms with Crippen LogP contribution in [0, 0.1) is 0 Å². The molecule has 3 rings (SSSR count). The largest absolute Gasteiger partial charge is 0.495 e. The van der Waals surface area contributed by atoms with Gasteiger partial charge in [0.25, 0.3) is 0 Å². The van der Waals surface area contributed by atoms with Gasteiger partial charge in [-0.05, 0) is 18.2 Å². The minimum absolute atomic E-state index is 0.0689. The summed E-state index contributed by atoms with van der Waals surface area (Å²) in [5, 5.41) is 4.72. The van der Waals surface area contributed by atoms with E-state index in [-0.39, 0.29) is 5.78 Å². The van der Waals surface area contributed by atoms with Gasteiger partial charge in [-0.1, -0.05) is 41.9 Å². The number of ketones is 1. The Labute approximate surface area is 139 Å². The van der Waals surface area contributed by atoms with Crippen LogP contribution in [0.3, 0.4) is 0 Å². The van der Waals surface area contributed by atoms with E-state index in [4.69, 9.17) is 16.3 Å². The fourth-order valence-corrected chi connectivity index (χ4v) is 2.76. The molecule has 0 aliphatic heterocycles. The Morgan fingerprint density at radius 1 is 1.17 bits per heavy atom. The molecule has 0 fully saturated rings. The smallest absolute Gasteiger partial charge is 0.196 e. The van der Waals surface area contributed by atoms with Crippen LogP contribution in [-0.4, -0.2) is 22.7 Å². The second-order valence-corrected chi connectivity index (χ2v) is 5.48. The standard InChI is InChI=1S/C18H15ClN2O2/c1-21-17(13-8-9-16(23-2)15(19)10-13)14(11-20-21)18(22)12-6-4-3-5-7-12/h3-11H,1-2H3. The lowest BCUT2D eigenvalue weighted by atomic mass is 10.00. The van der Waals surface area contributed by atoms with Gasteiger partial charge in [0, 0.05) is 18.2 Å². The summed E-state index contributed by atoms with van der Waals surface area (Å²) in [6, 6.07) is 14.6. The number of ether oxygens (including phenoxy) is 1. The summed E-state index contributed by atoms with van der Waals surface area (Å²) in [7, 11) is 3.37. The Kier molecular flexibility index (Phi) is 4.17. The zero-order valence-electron chi connectivity index (χ0n) is 12.8. The number of nitrogens with zero attached hydrogens (tertiary/aromatic N) is 2. The van der Waals surface area contributed by atoms with Gasteiger partial charge in [0.2, 0.25) is 0 Å². The van der Waals surface area contributed by atoms with Gasteiger partial charge in [0.15, 0.2) is 5.78 Å². The Hall–Kier alpha value is -2.59. The molecule has 23 heavy (non-hydrogen) atoms. The van der Waals surface area contributed by atoms with Gasteiger partial charge in [-0.2, -0.15) is 5.10 Å². The molecule has 0 amide bonds. The van der Waals surface area contributed by atoms with E-state index in [9.17, 15) is 4.79 Å². The molecule has 0 spiro atoms. The lowest BCUT2D eigenvalue weighted by molar-refractivity contribution is 0.103. The normalized spacial score (nSPS) is 10.6. The number of aryl methyl sites for hydroxylation is 1. The topological polar surface area (TPSA) is 44.1 Å². The first-order valence-electron chi connectivity index (χ1n) is 7.07. The maximum absolute atomic E-state index is 12.8. The van der Waals surface area contributed by atoms with E-state index >= 15 is 0 Å². The van der Waals surface area contributed by atoms with Crippen LogP contribution in [-0.2, 0) is 7.05 Å². The van der Waals surface area contributed by atoms with Gasteiger partial charge in [-0.25, -0.2) is 0 Å². The molecule has 1 aromatic heterocycles. The molecule has 0 unspecified atom stereocenters. The SMILES string of the molecule is COc1ccc(-c2c(C(=O)c3ccccc3)cnn2C)cc1Cl. The number of halogens is 1. The molecule has 0 aliphatic carbocycles. The molecule has 3 aromatic rings. The van der Waals surface area contributed by atoms with Crippen molar-refractivity contribution in [2.75, 3.05) is 7.11 Å². The number of carbonyl (C=O) groups excluding carboxylic acids is 1. The minimum atomic E-state index is -0.0689. The Morgan fingerprint density at radius 2 is 1.91 bits per heavy atom. The van der Waals surface area contributed by atoms with Gasteiger partial charge < -0.3 is 4.74 Å². The van der Waals surface area contributed by atoms with Crippen molar-refractivity contribution in [2.24, 2.45) is 7.05 Å². The van der Waals surface area contributed by atoms with Crippen molar-refractivity contribution in [1.82, 2.24) is 9.78 Å². The molecule has 116 valence electrons. The molecule has 0 saturated carbocycles. The van der Waals surface area contributed by atoms with Crippen molar-refractivity contribution in [3.63, 3.8) is 0 Å². The number of benzene rings is 2. The molecule has 0 radical (unpaired) electrons. The van der Waals surface area contributed by atoms with E-state index in [1.54, 1.807) is 49.3 Å². The third kappa shape index (κ3) is 2.85. The van der Waals surface area contributed by atoms with E-state index in [2.05, 4.69) is 5.10 Å². The monoisotopic (exact) mass is 326 g/mol. The average Bonchev–Trinajstić information content (AvgIpc) is 2.96. The second kappa shape index (κ2) is 6.26. The van der Waals surface area contributed by atoms with Crippen LogP contribution in [0.25, 0.3) is 11.3 Å². The van der Waals surface area contributed by atoms with Crippen molar-refractivity contribution >= 4 is 17.4 Å². The predicted molar refractivity (Wildman–Crippen MR) is 90.1 cm³/mol. The summed E-state index contributed by atoms with van der Waals surface area (Å²) in [4.78, 5) is 12.8. The summed E-state index contributed by atoms with van der Waals surface area (Å²) in [5.74, 6) is 0.522. The third-order valence-corrected chi connectivity index (χ3v) is 3.94. The molecule has 0 aliphatic rings. The average molecular weight is 327 g/mol. The van der Waals surface area contributed by atoms with E-state index < -0.39 is 0 Å². The summed E-state index contributed by atoms with van der Waals surface area (Å²) in [6.07, 6.45) is 1.59. The first kappa shape index (κ1) is 15.3. The molecule has 1 heterocycles. The summed E-state index contributed by atoms with van der Waals surface area (Å²) in [6.45, 7) is 0. The number of hydrogen-bond acceptors (Lipinski definition) is 3. The maximum atomic E-state index is 12.8. The highest BCUT2D eigenvalue weighted by Crippen LogP contribution is 2.32. The fraction of sp³-hybridized carbons (Fsp3) is 0.111. The number of aromatic nitrogens is 2. The van der Waals surface area contributed by atoms with E-state index in [1.165, 1.54) is 0 Å². The summed E-state index contributed by atoms with van der Waals surface area (Å²) >= 11 is 6.21. The van der Waals surface area contributed by atoms with Crippen LogP contribution in [0.5, 0.6) is 5.75 Å². The van der Waals surface area contributed by atoms with E-state index in [1.807, 2.05) is 24.3 Å². The van der Waals surface area contributed by atoms with Crippen molar-refractivity contribution in [3.8, 4) is 17.0 Å². The molecule has 4 nitrogen and oxygen atoms in total. The van der Waals surface area contributed by atoms with Crippen LogP contribution in [0.15, 0.2) is 54.7 Å². The van der Waals surface area contributed by atoms with Crippen LogP contribution in [0.1, 0.15) is 15.9 Å². The van der Waals surface area contributed by atoms with Gasteiger partial charge in [-0.3, -0.25) is 9.48 Å². The van der Waals surface area contributed by atoms with Crippen molar-refractivity contribution in [3.05, 3.63) is 70.9 Å². The molecule has 0 atom stereocenters. The number of rotatable bonds is 4. The van der Waals surface area contributed by atoms with Crippen molar-refractivity contribution in [1.29, 1.82) is 0 Å². The third-order valence-electron chi connectivity index (χ3n) is 3.64. The predicted octanol–water partition coefficient (Wildman–Crippen LogP) is 3.98. The Bertz CT molecular complexity index is 857. The van der Waals surface area contributed by atoms with Gasteiger partial charge >= 0.3 is 0 Å². The van der Waals surface area contributed by atoms with E-state index in [0.29, 0.717) is 21.9 Å². The zero-order valence-corrected chi connectivity index (χ0v) is 13.5. The highest BCUT2D eigenvalue weighted by Gasteiger charge is 2.19. The second-order valence-electron chi connectivity index (χ2n) is 5.07. The molecule has 0 N–H and O–H groups in total. The maximum Gasteiger partial charge on any atom is 0.196 e. The van der Waals surface area contributed by atoms with Crippen molar-refractivity contribution < 1.29 is 9.53 Å². The first-order valence-corrected chi connectivity index (χ1v) is 7.45. The lowest BCUT2D eigenvalue weighted by Gasteiger charge is -2.09. The Balaban J connectivity index is 2.09. The van der Waals surface area contributed by atoms with Gasteiger partial charge in [-0.15, -0.1) is 0 Å². The van der Waals surface area contributed by atoms with Crippen LogP contribution in [0.2, 0.25) is 5.02 Å². The summed E-state index contributed by atoms with van der Waals surface area (Å²) < 4.78 is 6.85. The first-order chi connectivity index (χ1) is 11.1. The number of methoxy groups -OCH3 is 1. The minimum Gasteiger partial charge on any atom is -0.495 e.